The maximum atomic E-state index is 12.6. The molecule has 1 aliphatic rings. The number of piperazine rings is 1. The minimum absolute atomic E-state index is 0.0254. The molecular weight excluding hydrogens is 362 g/mol. The summed E-state index contributed by atoms with van der Waals surface area (Å²) < 4.78 is 6.60. The Bertz CT molecular complexity index is 882. The predicted octanol–water partition coefficient (Wildman–Crippen LogP) is 0.985. The number of hydrogen-bond acceptors (Lipinski definition) is 5. The van der Waals surface area contributed by atoms with E-state index in [-0.39, 0.29) is 23.6 Å². The maximum absolute atomic E-state index is 12.6. The van der Waals surface area contributed by atoms with Crippen LogP contribution in [-0.4, -0.2) is 70.6 Å². The fourth-order valence-corrected chi connectivity index (χ4v) is 3.08. The van der Waals surface area contributed by atoms with Crippen molar-refractivity contribution in [2.75, 3.05) is 38.6 Å². The lowest BCUT2D eigenvalue weighted by atomic mass is 10.1. The molecule has 0 unspecified atom stereocenters. The van der Waals surface area contributed by atoms with Gasteiger partial charge in [0.2, 0.25) is 11.8 Å². The van der Waals surface area contributed by atoms with Crippen LogP contribution in [0.2, 0.25) is 0 Å². The molecule has 1 N–H and O–H groups in total. The topological polar surface area (TPSA) is 96.8 Å². The van der Waals surface area contributed by atoms with Gasteiger partial charge in [-0.15, -0.1) is 5.10 Å². The van der Waals surface area contributed by atoms with E-state index in [1.807, 2.05) is 0 Å². The molecule has 2 aromatic rings. The molecule has 2 heterocycles. The van der Waals surface area contributed by atoms with Crippen LogP contribution in [0.25, 0.3) is 0 Å². The molecule has 148 valence electrons. The normalized spacial score (nSPS) is 14.0. The number of aromatic nitrogens is 2. The quantitative estimate of drug-likeness (QED) is 0.846. The summed E-state index contributed by atoms with van der Waals surface area (Å²) in [4.78, 5) is 39.9. The van der Waals surface area contributed by atoms with Crippen molar-refractivity contribution in [2.45, 2.75) is 6.92 Å². The van der Waals surface area contributed by atoms with E-state index < -0.39 is 0 Å². The van der Waals surface area contributed by atoms with Crippen LogP contribution >= 0.6 is 0 Å². The predicted molar refractivity (Wildman–Crippen MR) is 102 cm³/mol. The zero-order valence-corrected chi connectivity index (χ0v) is 16.1. The third kappa shape index (κ3) is 4.13. The summed E-state index contributed by atoms with van der Waals surface area (Å²) in [5, 5.41) is 6.82. The van der Waals surface area contributed by atoms with Crippen LogP contribution in [0.5, 0.6) is 5.88 Å². The highest BCUT2D eigenvalue weighted by Crippen LogP contribution is 2.18. The molecule has 1 fully saturated rings. The number of ether oxygens (including phenoxy) is 1. The molecule has 0 saturated carbocycles. The van der Waals surface area contributed by atoms with Gasteiger partial charge in [-0.2, -0.15) is 0 Å². The zero-order valence-electron chi connectivity index (χ0n) is 16.1. The van der Waals surface area contributed by atoms with Crippen molar-refractivity contribution in [1.82, 2.24) is 19.6 Å². The number of carbonyl (C=O) groups excluding carboxylic acids is 3. The van der Waals surface area contributed by atoms with Gasteiger partial charge in [-0.25, -0.2) is 0 Å². The van der Waals surface area contributed by atoms with Gasteiger partial charge in [0, 0.05) is 57.6 Å². The second-order valence-electron chi connectivity index (χ2n) is 6.56. The first kappa shape index (κ1) is 19.4. The molecule has 1 saturated heterocycles. The Morgan fingerprint density at radius 2 is 1.64 bits per heavy atom. The molecule has 0 radical (unpaired) electrons. The summed E-state index contributed by atoms with van der Waals surface area (Å²) in [7, 11) is 3.16. The van der Waals surface area contributed by atoms with E-state index in [0.717, 1.165) is 0 Å². The Hall–Kier alpha value is -3.36. The highest BCUT2D eigenvalue weighted by Gasteiger charge is 2.23. The van der Waals surface area contributed by atoms with Gasteiger partial charge >= 0.3 is 0 Å². The summed E-state index contributed by atoms with van der Waals surface area (Å²) in [6.07, 6.45) is 1.58. The number of nitrogens with zero attached hydrogens (tertiary/aromatic N) is 4. The highest BCUT2D eigenvalue weighted by molar-refractivity contribution is 6.06. The van der Waals surface area contributed by atoms with E-state index >= 15 is 0 Å². The van der Waals surface area contributed by atoms with Gasteiger partial charge in [-0.3, -0.25) is 19.1 Å². The van der Waals surface area contributed by atoms with Crippen molar-refractivity contribution in [2.24, 2.45) is 7.05 Å². The van der Waals surface area contributed by atoms with Gasteiger partial charge in [0.1, 0.15) is 5.56 Å². The standard InChI is InChI=1S/C19H23N5O4/c1-13(25)23-8-10-24(11-9-23)19(27)14-4-6-15(7-5-14)20-17(26)16-12-22(2)21-18(16)28-3/h4-7,12H,8-11H2,1-3H3,(H,20,26). The van der Waals surface area contributed by atoms with Gasteiger partial charge in [0.15, 0.2) is 0 Å². The molecule has 9 nitrogen and oxygen atoms in total. The van der Waals surface area contributed by atoms with Crippen molar-refractivity contribution in [1.29, 1.82) is 0 Å². The number of nitrogens with one attached hydrogen (secondary N) is 1. The van der Waals surface area contributed by atoms with Crippen molar-refractivity contribution in [3.8, 4) is 5.88 Å². The minimum Gasteiger partial charge on any atom is -0.479 e. The second kappa shape index (κ2) is 8.12. The number of benzene rings is 1. The van der Waals surface area contributed by atoms with E-state index in [2.05, 4.69) is 10.4 Å². The van der Waals surface area contributed by atoms with Crippen LogP contribution in [0, 0.1) is 0 Å². The molecule has 1 aromatic carbocycles. The Morgan fingerprint density at radius 1 is 1.04 bits per heavy atom. The van der Waals surface area contributed by atoms with E-state index in [1.165, 1.54) is 18.7 Å². The molecule has 0 spiro atoms. The summed E-state index contributed by atoms with van der Waals surface area (Å²) in [5.41, 5.74) is 1.43. The van der Waals surface area contributed by atoms with Gasteiger partial charge in [0.25, 0.3) is 11.8 Å². The molecule has 0 bridgehead atoms. The van der Waals surface area contributed by atoms with Crippen LogP contribution in [0.1, 0.15) is 27.6 Å². The average molecular weight is 385 g/mol. The monoisotopic (exact) mass is 385 g/mol. The largest absolute Gasteiger partial charge is 0.479 e. The molecular formula is C19H23N5O4. The number of aryl methyl sites for hydroxylation is 1. The Balaban J connectivity index is 1.62. The number of anilines is 1. The van der Waals surface area contributed by atoms with Crippen LogP contribution in [0.4, 0.5) is 5.69 Å². The van der Waals surface area contributed by atoms with Gasteiger partial charge < -0.3 is 19.9 Å². The third-order valence-electron chi connectivity index (χ3n) is 4.63. The maximum Gasteiger partial charge on any atom is 0.262 e. The van der Waals surface area contributed by atoms with Gasteiger partial charge in [-0.1, -0.05) is 0 Å². The van der Waals surface area contributed by atoms with Gasteiger partial charge in [0.05, 0.1) is 7.11 Å². The highest BCUT2D eigenvalue weighted by atomic mass is 16.5. The molecule has 3 amide bonds. The smallest absolute Gasteiger partial charge is 0.262 e. The molecule has 1 aliphatic heterocycles. The zero-order chi connectivity index (χ0) is 20.3. The van der Waals surface area contributed by atoms with Gasteiger partial charge in [-0.05, 0) is 24.3 Å². The van der Waals surface area contributed by atoms with E-state index in [0.29, 0.717) is 43.0 Å². The molecule has 1 aromatic heterocycles. The van der Waals surface area contributed by atoms with Crippen LogP contribution in [0.15, 0.2) is 30.5 Å². The first-order chi connectivity index (χ1) is 13.4. The van der Waals surface area contributed by atoms with Crippen molar-refractivity contribution >= 4 is 23.4 Å². The summed E-state index contributed by atoms with van der Waals surface area (Å²) >= 11 is 0. The molecule has 0 aliphatic carbocycles. The summed E-state index contributed by atoms with van der Waals surface area (Å²) in [6, 6.07) is 6.71. The number of methoxy groups -OCH3 is 1. The lowest BCUT2D eigenvalue weighted by Crippen LogP contribution is -2.50. The fraction of sp³-hybridized carbons (Fsp3) is 0.368. The molecule has 3 rings (SSSR count). The summed E-state index contributed by atoms with van der Waals surface area (Å²) in [5.74, 6) is -0.159. The molecule has 28 heavy (non-hydrogen) atoms. The van der Waals surface area contributed by atoms with Crippen molar-refractivity contribution in [3.63, 3.8) is 0 Å². The third-order valence-corrected chi connectivity index (χ3v) is 4.63. The number of rotatable bonds is 4. The first-order valence-electron chi connectivity index (χ1n) is 8.93. The average Bonchev–Trinajstić information content (AvgIpc) is 3.09. The van der Waals surface area contributed by atoms with E-state index in [9.17, 15) is 14.4 Å². The number of hydrogen-bond donors (Lipinski definition) is 1. The number of amides is 3. The Kier molecular flexibility index (Phi) is 5.62. The lowest BCUT2D eigenvalue weighted by Gasteiger charge is -2.34. The Morgan fingerprint density at radius 3 is 2.21 bits per heavy atom. The SMILES string of the molecule is COc1nn(C)cc1C(=O)Nc1ccc(C(=O)N2CCN(C(C)=O)CC2)cc1. The summed E-state index contributed by atoms with van der Waals surface area (Å²) in [6.45, 7) is 3.64. The molecule has 0 atom stereocenters. The van der Waals surface area contributed by atoms with Crippen molar-refractivity contribution in [3.05, 3.63) is 41.6 Å². The minimum atomic E-state index is -0.343. The lowest BCUT2D eigenvalue weighted by molar-refractivity contribution is -0.130. The second-order valence-corrected chi connectivity index (χ2v) is 6.56. The van der Waals surface area contributed by atoms with Crippen LogP contribution < -0.4 is 10.1 Å². The first-order valence-corrected chi connectivity index (χ1v) is 8.93. The van der Waals surface area contributed by atoms with Crippen molar-refractivity contribution < 1.29 is 19.1 Å². The van der Waals surface area contributed by atoms with Crippen LogP contribution in [-0.2, 0) is 11.8 Å². The molecule has 9 heteroatoms. The number of carbonyl (C=O) groups is 3. The van der Waals surface area contributed by atoms with E-state index in [1.54, 1.807) is 47.3 Å². The van der Waals surface area contributed by atoms with E-state index in [4.69, 9.17) is 4.74 Å². The fourth-order valence-electron chi connectivity index (χ4n) is 3.08. The van der Waals surface area contributed by atoms with Crippen LogP contribution in [0.3, 0.4) is 0 Å². The Labute approximate surface area is 162 Å².